The van der Waals surface area contributed by atoms with Crippen LogP contribution in [0.2, 0.25) is 0 Å². The van der Waals surface area contributed by atoms with E-state index in [4.69, 9.17) is 9.47 Å². The van der Waals surface area contributed by atoms with Crippen molar-refractivity contribution in [1.82, 2.24) is 0 Å². The number of carboxylic acids is 1. The Kier molecular flexibility index (Phi) is 5.80. The minimum atomic E-state index is -3.68. The van der Waals surface area contributed by atoms with E-state index in [1.165, 1.54) is 24.3 Å². The van der Waals surface area contributed by atoms with Crippen molar-refractivity contribution in [2.24, 2.45) is 0 Å². The molecule has 0 saturated carbocycles. The maximum absolute atomic E-state index is 13.1. The summed E-state index contributed by atoms with van der Waals surface area (Å²) in [5.41, 5.74) is 2.25. The predicted molar refractivity (Wildman–Crippen MR) is 114 cm³/mol. The fraction of sp³-hybridized carbons (Fsp3) is 0.160. The molecule has 1 N–H and O–H groups in total. The first-order valence-corrected chi connectivity index (χ1v) is 9.83. The number of benzene rings is 3. The molecule has 3 aromatic carbocycles. The first-order chi connectivity index (χ1) is 15.7. The van der Waals surface area contributed by atoms with Gasteiger partial charge in [0.15, 0.2) is 23.0 Å². The third kappa shape index (κ3) is 5.33. The predicted octanol–water partition coefficient (Wildman–Crippen LogP) is 5.55. The zero-order chi connectivity index (χ0) is 23.6. The summed E-state index contributed by atoms with van der Waals surface area (Å²) in [6.07, 6.45) is -3.68. The van der Waals surface area contributed by atoms with Gasteiger partial charge in [0.05, 0.1) is 5.56 Å². The molecule has 6 nitrogen and oxygen atoms in total. The number of carboxylic acid groups (broad SMARTS) is 1. The van der Waals surface area contributed by atoms with Gasteiger partial charge in [-0.05, 0) is 67.4 Å². The summed E-state index contributed by atoms with van der Waals surface area (Å²) < 4.78 is 46.7. The molecule has 0 aliphatic carbocycles. The topological polar surface area (TPSA) is 74.2 Å². The van der Waals surface area contributed by atoms with Crippen LogP contribution in [0.4, 0.5) is 8.78 Å². The number of hydrogen-bond acceptors (Lipinski definition) is 5. The second-order valence-corrected chi connectivity index (χ2v) is 7.31. The van der Waals surface area contributed by atoms with E-state index in [0.717, 1.165) is 11.1 Å². The highest BCUT2D eigenvalue weighted by atomic mass is 19.3. The lowest BCUT2D eigenvalue weighted by molar-refractivity contribution is -0.286. The highest BCUT2D eigenvalue weighted by Crippen LogP contribution is 2.41. The molecular weight excluding hydrogens is 434 g/mol. The highest BCUT2D eigenvalue weighted by Gasteiger charge is 2.43. The largest absolute Gasteiger partial charge is 0.586 e. The van der Waals surface area contributed by atoms with E-state index in [1.807, 2.05) is 13.0 Å². The molecule has 0 spiro atoms. The number of alkyl halides is 2. The zero-order valence-electron chi connectivity index (χ0n) is 17.6. The number of halogens is 2. The van der Waals surface area contributed by atoms with Crippen molar-refractivity contribution in [3.63, 3.8) is 0 Å². The van der Waals surface area contributed by atoms with E-state index in [0.29, 0.717) is 22.8 Å². The minimum absolute atomic E-state index is 0.00138. The summed E-state index contributed by atoms with van der Waals surface area (Å²) in [7, 11) is 0. The second-order valence-electron chi connectivity index (χ2n) is 7.31. The monoisotopic (exact) mass is 452 g/mol. The van der Waals surface area contributed by atoms with Gasteiger partial charge in [0.2, 0.25) is 0 Å². The Morgan fingerprint density at radius 2 is 1.76 bits per heavy atom. The first-order valence-electron chi connectivity index (χ1n) is 9.83. The second kappa shape index (κ2) is 8.71. The molecule has 0 atom stereocenters. The van der Waals surface area contributed by atoms with Gasteiger partial charge >= 0.3 is 12.3 Å². The fourth-order valence-corrected chi connectivity index (χ4v) is 3.15. The molecule has 0 unspecified atom stereocenters. The molecule has 1 heterocycles. The molecule has 0 saturated heterocycles. The Morgan fingerprint density at radius 3 is 2.55 bits per heavy atom. The lowest BCUT2D eigenvalue weighted by atomic mass is 10.1. The summed E-state index contributed by atoms with van der Waals surface area (Å²) in [6, 6.07) is 14.3. The average molecular weight is 452 g/mol. The minimum Gasteiger partial charge on any atom is -0.478 e. The van der Waals surface area contributed by atoms with Crippen molar-refractivity contribution in [1.29, 1.82) is 0 Å². The standard InChI is InChI=1S/C25H18F2O6/c1-15-5-7-20(31-19-11-16(2)10-18(14-19)24(28)29)22(12-15)30-9-3-4-17-6-8-21-23(13-17)33-25(26,27)32-21/h5-8,10-14H,9H2,1-2H3,(H,28,29). The summed E-state index contributed by atoms with van der Waals surface area (Å²) in [6.45, 7) is 3.66. The number of aromatic carboxylic acids is 1. The van der Waals surface area contributed by atoms with Gasteiger partial charge in [-0.15, -0.1) is 8.78 Å². The van der Waals surface area contributed by atoms with Crippen LogP contribution >= 0.6 is 0 Å². The summed E-state index contributed by atoms with van der Waals surface area (Å²) in [4.78, 5) is 11.3. The van der Waals surface area contributed by atoms with E-state index in [-0.39, 0.29) is 23.7 Å². The van der Waals surface area contributed by atoms with E-state index in [9.17, 15) is 18.7 Å². The van der Waals surface area contributed by atoms with E-state index < -0.39 is 12.3 Å². The van der Waals surface area contributed by atoms with Gasteiger partial charge in [-0.2, -0.15) is 0 Å². The first kappa shape index (κ1) is 22.0. The van der Waals surface area contributed by atoms with Gasteiger partial charge in [-0.1, -0.05) is 17.9 Å². The Hall–Kier alpha value is -4.25. The van der Waals surface area contributed by atoms with Gasteiger partial charge in [0, 0.05) is 11.6 Å². The molecule has 1 aliphatic rings. The molecular formula is C25H18F2O6. The normalized spacial score (nSPS) is 13.1. The molecule has 0 radical (unpaired) electrons. The lowest BCUT2D eigenvalue weighted by Gasteiger charge is -2.13. The van der Waals surface area contributed by atoms with Crippen LogP contribution in [-0.4, -0.2) is 24.0 Å². The Balaban J connectivity index is 1.47. The SMILES string of the molecule is Cc1cc(Oc2ccc(C)cc2OCC#Cc2ccc3c(c2)OC(F)(F)O3)cc(C(=O)O)c1. The molecule has 0 aromatic heterocycles. The van der Waals surface area contributed by atoms with Gasteiger partial charge in [-0.25, -0.2) is 4.79 Å². The number of ether oxygens (including phenoxy) is 4. The van der Waals surface area contributed by atoms with Gasteiger partial charge in [0.25, 0.3) is 0 Å². The third-order valence-corrected chi connectivity index (χ3v) is 4.56. The van der Waals surface area contributed by atoms with E-state index in [1.54, 1.807) is 31.2 Å². The quantitative estimate of drug-likeness (QED) is 0.512. The van der Waals surface area contributed by atoms with Gasteiger partial charge in [-0.3, -0.25) is 0 Å². The van der Waals surface area contributed by atoms with Crippen LogP contribution in [-0.2, 0) is 0 Å². The van der Waals surface area contributed by atoms with Gasteiger partial charge in [0.1, 0.15) is 12.4 Å². The Labute approximate surface area is 188 Å². The zero-order valence-corrected chi connectivity index (χ0v) is 17.6. The van der Waals surface area contributed by atoms with Crippen LogP contribution < -0.4 is 18.9 Å². The molecule has 4 rings (SSSR count). The van der Waals surface area contributed by atoms with Crippen molar-refractivity contribution < 1.29 is 37.6 Å². The third-order valence-electron chi connectivity index (χ3n) is 4.56. The molecule has 1 aliphatic heterocycles. The molecule has 0 fully saturated rings. The Bertz CT molecular complexity index is 1290. The fourth-order valence-electron chi connectivity index (χ4n) is 3.15. The molecule has 8 heteroatoms. The van der Waals surface area contributed by atoms with Crippen LogP contribution in [0.3, 0.4) is 0 Å². The summed E-state index contributed by atoms with van der Waals surface area (Å²) in [5, 5.41) is 9.26. The van der Waals surface area contributed by atoms with Crippen LogP contribution in [0, 0.1) is 25.7 Å². The highest BCUT2D eigenvalue weighted by molar-refractivity contribution is 5.88. The number of rotatable bonds is 5. The number of aryl methyl sites for hydroxylation is 2. The summed E-state index contributed by atoms with van der Waals surface area (Å²) >= 11 is 0. The molecule has 0 amide bonds. The lowest BCUT2D eigenvalue weighted by Crippen LogP contribution is -2.25. The number of fused-ring (bicyclic) bond motifs is 1. The van der Waals surface area contributed by atoms with E-state index >= 15 is 0 Å². The maximum atomic E-state index is 13.1. The van der Waals surface area contributed by atoms with Gasteiger partial charge < -0.3 is 24.1 Å². The molecule has 0 bridgehead atoms. The van der Waals surface area contributed by atoms with Crippen LogP contribution in [0.1, 0.15) is 27.0 Å². The van der Waals surface area contributed by atoms with Crippen molar-refractivity contribution >= 4 is 5.97 Å². The van der Waals surface area contributed by atoms with Crippen LogP contribution in [0.15, 0.2) is 54.6 Å². The van der Waals surface area contributed by atoms with Crippen molar-refractivity contribution in [2.45, 2.75) is 20.1 Å². The van der Waals surface area contributed by atoms with Crippen LogP contribution in [0.5, 0.6) is 28.7 Å². The summed E-state index contributed by atoms with van der Waals surface area (Å²) in [5.74, 6) is 5.64. The smallest absolute Gasteiger partial charge is 0.478 e. The molecule has 3 aromatic rings. The van der Waals surface area contributed by atoms with Crippen LogP contribution in [0.25, 0.3) is 0 Å². The average Bonchev–Trinajstić information content (AvgIpc) is 3.05. The maximum Gasteiger partial charge on any atom is 0.586 e. The number of carbonyl (C=O) groups is 1. The van der Waals surface area contributed by atoms with Crippen molar-refractivity contribution in [3.05, 3.63) is 76.9 Å². The van der Waals surface area contributed by atoms with Crippen molar-refractivity contribution in [2.75, 3.05) is 6.61 Å². The molecule has 33 heavy (non-hydrogen) atoms. The number of hydrogen-bond donors (Lipinski definition) is 1. The Morgan fingerprint density at radius 1 is 0.970 bits per heavy atom. The van der Waals surface area contributed by atoms with Crippen molar-refractivity contribution in [3.8, 4) is 40.6 Å². The molecule has 168 valence electrons. The van der Waals surface area contributed by atoms with E-state index in [2.05, 4.69) is 21.3 Å².